The van der Waals surface area contributed by atoms with Crippen molar-refractivity contribution in [2.75, 3.05) is 69.9 Å². The Morgan fingerprint density at radius 2 is 1.73 bits per heavy atom. The number of piperidine rings is 1. The topological polar surface area (TPSA) is 61.7 Å². The van der Waals surface area contributed by atoms with Gasteiger partial charge in [-0.2, -0.15) is 0 Å². The van der Waals surface area contributed by atoms with Gasteiger partial charge in [0.15, 0.2) is 5.82 Å². The summed E-state index contributed by atoms with van der Waals surface area (Å²) in [5, 5.41) is 3.59. The Kier molecular flexibility index (Phi) is 8.37. The fourth-order valence-electron chi connectivity index (χ4n) is 6.21. The van der Waals surface area contributed by atoms with Gasteiger partial charge in [-0.15, -0.1) is 11.8 Å². The van der Waals surface area contributed by atoms with E-state index in [-0.39, 0.29) is 0 Å². The Hall–Kier alpha value is -3.27. The number of ether oxygens (including phenoxy) is 1. The SMILES string of the molecule is COc1cc(N2CCC(N3CCN(C)CC3)CC2)ccc1Cc1nc(Nc2ccccc2SC)c2c(ccn2C)n1. The molecule has 4 aromatic rings. The lowest BCUT2D eigenvalue weighted by atomic mass is 10.0. The predicted molar refractivity (Wildman–Crippen MR) is 170 cm³/mol. The van der Waals surface area contributed by atoms with Crippen LogP contribution >= 0.6 is 11.8 Å². The predicted octanol–water partition coefficient (Wildman–Crippen LogP) is 5.25. The van der Waals surface area contributed by atoms with Crippen LogP contribution in [0.15, 0.2) is 59.6 Å². The molecule has 0 radical (unpaired) electrons. The number of hydrogen-bond acceptors (Lipinski definition) is 8. The van der Waals surface area contributed by atoms with Crippen molar-refractivity contribution >= 4 is 40.0 Å². The number of methoxy groups -OCH3 is 1. The monoisotopic (exact) mass is 571 g/mol. The Morgan fingerprint density at radius 1 is 0.951 bits per heavy atom. The van der Waals surface area contributed by atoms with Crippen LogP contribution in [-0.2, 0) is 13.5 Å². The minimum absolute atomic E-state index is 0.596. The molecule has 0 aliphatic carbocycles. The Morgan fingerprint density at radius 3 is 2.49 bits per heavy atom. The number of piperazine rings is 1. The van der Waals surface area contributed by atoms with E-state index in [2.05, 4.69) is 80.4 Å². The summed E-state index contributed by atoms with van der Waals surface area (Å²) in [6.45, 7) is 6.92. The maximum Gasteiger partial charge on any atom is 0.158 e. The van der Waals surface area contributed by atoms with Crippen molar-refractivity contribution in [2.24, 2.45) is 7.05 Å². The maximum atomic E-state index is 5.91. The molecular weight excluding hydrogens is 530 g/mol. The molecule has 41 heavy (non-hydrogen) atoms. The van der Waals surface area contributed by atoms with Crippen molar-refractivity contribution in [1.82, 2.24) is 24.3 Å². The molecule has 2 fully saturated rings. The fourth-order valence-corrected chi connectivity index (χ4v) is 6.76. The number of aromatic nitrogens is 3. The first-order valence-electron chi connectivity index (χ1n) is 14.6. The van der Waals surface area contributed by atoms with Gasteiger partial charge in [-0.05, 0) is 50.4 Å². The summed E-state index contributed by atoms with van der Waals surface area (Å²) in [6, 6.07) is 17.7. The first-order valence-corrected chi connectivity index (χ1v) is 15.8. The van der Waals surface area contributed by atoms with Gasteiger partial charge < -0.3 is 24.4 Å². The summed E-state index contributed by atoms with van der Waals surface area (Å²) in [7, 11) is 6.02. The lowest BCUT2D eigenvalue weighted by molar-refractivity contribution is 0.0982. The third-order valence-electron chi connectivity index (χ3n) is 8.63. The molecule has 0 spiro atoms. The molecule has 2 aromatic heterocycles. The molecule has 0 bridgehead atoms. The van der Waals surface area contributed by atoms with Gasteiger partial charge >= 0.3 is 0 Å². The summed E-state index contributed by atoms with van der Waals surface area (Å²) < 4.78 is 7.98. The molecule has 9 heteroatoms. The van der Waals surface area contributed by atoms with Crippen LogP contribution in [0.2, 0.25) is 0 Å². The van der Waals surface area contributed by atoms with Gasteiger partial charge in [-0.3, -0.25) is 4.90 Å². The summed E-state index contributed by atoms with van der Waals surface area (Å²) in [5.74, 6) is 2.48. The van der Waals surface area contributed by atoms with E-state index in [0.717, 1.165) is 52.8 Å². The van der Waals surface area contributed by atoms with Gasteiger partial charge in [0.25, 0.3) is 0 Å². The van der Waals surface area contributed by atoms with Gasteiger partial charge in [-0.1, -0.05) is 18.2 Å². The van der Waals surface area contributed by atoms with Crippen molar-refractivity contribution < 1.29 is 4.74 Å². The van der Waals surface area contributed by atoms with Crippen molar-refractivity contribution in [3.05, 3.63) is 66.1 Å². The molecule has 0 amide bonds. The number of rotatable bonds is 8. The highest BCUT2D eigenvalue weighted by Gasteiger charge is 2.27. The zero-order chi connectivity index (χ0) is 28.3. The van der Waals surface area contributed by atoms with Crippen molar-refractivity contribution in [3.8, 4) is 5.75 Å². The van der Waals surface area contributed by atoms with Crippen LogP contribution in [0.1, 0.15) is 24.2 Å². The molecule has 1 N–H and O–H groups in total. The number of anilines is 3. The highest BCUT2D eigenvalue weighted by Crippen LogP contribution is 2.33. The van der Waals surface area contributed by atoms with Crippen LogP contribution in [0.5, 0.6) is 5.75 Å². The van der Waals surface area contributed by atoms with Crippen LogP contribution in [-0.4, -0.2) is 90.1 Å². The first kappa shape index (κ1) is 27.9. The number of nitrogens with one attached hydrogen (secondary N) is 1. The number of thioether (sulfide) groups is 1. The number of aryl methyl sites for hydroxylation is 1. The standard InChI is InChI=1S/C32H41N7OS/c1-36-17-19-39(20-18-36)24-11-15-38(16-12-24)25-10-9-23(28(22-25)40-3)21-30-33-27-13-14-37(2)31(27)32(35-30)34-26-7-5-6-8-29(26)41-4/h5-10,13-14,22,24H,11-12,15-21H2,1-4H3,(H,33,34,35). The fraction of sp³-hybridized carbons (Fsp3) is 0.438. The second kappa shape index (κ2) is 12.3. The van der Waals surface area contributed by atoms with E-state index in [1.165, 1.54) is 49.6 Å². The average molecular weight is 572 g/mol. The molecule has 4 heterocycles. The molecule has 8 nitrogen and oxygen atoms in total. The van der Waals surface area contributed by atoms with Crippen molar-refractivity contribution in [2.45, 2.75) is 30.2 Å². The van der Waals surface area contributed by atoms with E-state index >= 15 is 0 Å². The lowest BCUT2D eigenvalue weighted by Crippen LogP contribution is -2.52. The maximum absolute atomic E-state index is 5.91. The smallest absolute Gasteiger partial charge is 0.158 e. The summed E-state index contributed by atoms with van der Waals surface area (Å²) in [6.07, 6.45) is 7.16. The quantitative estimate of drug-likeness (QED) is 0.288. The number of hydrogen-bond donors (Lipinski definition) is 1. The number of likely N-dealkylation sites (N-methyl/N-ethyl adjacent to an activating group) is 1. The molecule has 2 aromatic carbocycles. The Balaban J connectivity index is 1.20. The first-order chi connectivity index (χ1) is 20.0. The molecule has 2 aliphatic rings. The van der Waals surface area contributed by atoms with Gasteiger partial charge in [0, 0.05) is 87.2 Å². The summed E-state index contributed by atoms with van der Waals surface area (Å²) in [4.78, 5) is 18.8. The highest BCUT2D eigenvalue weighted by molar-refractivity contribution is 7.98. The minimum Gasteiger partial charge on any atom is -0.496 e. The van der Waals surface area contributed by atoms with E-state index in [4.69, 9.17) is 14.7 Å². The molecule has 6 rings (SSSR count). The van der Waals surface area contributed by atoms with E-state index in [9.17, 15) is 0 Å². The van der Waals surface area contributed by atoms with Crippen LogP contribution < -0.4 is 15.0 Å². The molecule has 0 atom stereocenters. The molecule has 0 saturated carbocycles. The number of benzene rings is 2. The van der Waals surface area contributed by atoms with Crippen molar-refractivity contribution in [3.63, 3.8) is 0 Å². The van der Waals surface area contributed by atoms with Gasteiger partial charge in [0.05, 0.1) is 18.3 Å². The lowest BCUT2D eigenvalue weighted by Gasteiger charge is -2.42. The zero-order valence-corrected chi connectivity index (χ0v) is 25.5. The van der Waals surface area contributed by atoms with E-state index < -0.39 is 0 Å². The zero-order valence-electron chi connectivity index (χ0n) is 24.6. The second-order valence-electron chi connectivity index (χ2n) is 11.2. The highest BCUT2D eigenvalue weighted by atomic mass is 32.2. The summed E-state index contributed by atoms with van der Waals surface area (Å²) in [5.41, 5.74) is 5.30. The van der Waals surface area contributed by atoms with E-state index in [1.54, 1.807) is 18.9 Å². The third-order valence-corrected chi connectivity index (χ3v) is 9.42. The van der Waals surface area contributed by atoms with E-state index in [0.29, 0.717) is 12.5 Å². The van der Waals surface area contributed by atoms with Crippen LogP contribution in [0.3, 0.4) is 0 Å². The Labute approximate surface area is 247 Å². The largest absolute Gasteiger partial charge is 0.496 e. The normalized spacial score (nSPS) is 17.3. The average Bonchev–Trinajstić information content (AvgIpc) is 3.38. The summed E-state index contributed by atoms with van der Waals surface area (Å²) >= 11 is 1.72. The minimum atomic E-state index is 0.596. The molecule has 216 valence electrons. The van der Waals surface area contributed by atoms with Crippen molar-refractivity contribution in [1.29, 1.82) is 0 Å². The number of nitrogens with zero attached hydrogens (tertiary/aromatic N) is 6. The third kappa shape index (κ3) is 6.03. The van der Waals surface area contributed by atoms with Gasteiger partial charge in [-0.25, -0.2) is 9.97 Å². The van der Waals surface area contributed by atoms with Gasteiger partial charge in [0.2, 0.25) is 0 Å². The van der Waals surface area contributed by atoms with Crippen LogP contribution in [0.4, 0.5) is 17.2 Å². The Bertz CT molecular complexity index is 1490. The van der Waals surface area contributed by atoms with Crippen LogP contribution in [0, 0.1) is 0 Å². The second-order valence-corrected chi connectivity index (χ2v) is 12.1. The molecule has 2 aliphatic heterocycles. The van der Waals surface area contributed by atoms with Gasteiger partial charge in [0.1, 0.15) is 17.1 Å². The number of para-hydroxylation sites is 1. The molecular formula is C32H41N7OS. The van der Waals surface area contributed by atoms with E-state index in [1.807, 2.05) is 19.3 Å². The molecule has 2 saturated heterocycles. The molecule has 0 unspecified atom stereocenters. The number of fused-ring (bicyclic) bond motifs is 1. The van der Waals surface area contributed by atoms with Crippen LogP contribution in [0.25, 0.3) is 11.0 Å².